The third-order valence-corrected chi connectivity index (χ3v) is 4.30. The Morgan fingerprint density at radius 2 is 2.08 bits per heavy atom. The zero-order chi connectivity index (χ0) is 16.7. The molecule has 1 fully saturated rings. The third-order valence-electron chi connectivity index (χ3n) is 4.30. The summed E-state index contributed by atoms with van der Waals surface area (Å²) in [6.45, 7) is 1.37. The zero-order valence-electron chi connectivity index (χ0n) is 12.7. The molecule has 0 aliphatic carbocycles. The average molecular weight is 336 g/mol. The fourth-order valence-electron chi connectivity index (χ4n) is 3.17. The number of piperidine rings is 1. The minimum absolute atomic E-state index is 0.112. The lowest BCUT2D eigenvalue weighted by Crippen LogP contribution is -2.37. The van der Waals surface area contributed by atoms with Gasteiger partial charge in [0.05, 0.1) is 11.4 Å². The molecule has 1 aliphatic rings. The smallest absolute Gasteiger partial charge is 0.354 e. The van der Waals surface area contributed by atoms with E-state index in [-0.39, 0.29) is 6.04 Å². The van der Waals surface area contributed by atoms with Crippen molar-refractivity contribution in [1.82, 2.24) is 24.7 Å². The predicted octanol–water partition coefficient (Wildman–Crippen LogP) is 3.01. The largest absolute Gasteiger partial charge is 0.435 e. The number of H-pyrrole nitrogens is 1. The fraction of sp³-hybridized carbons (Fsp3) is 0.400. The molecule has 1 saturated heterocycles. The number of nitrogens with one attached hydrogen (secondary N) is 1. The van der Waals surface area contributed by atoms with Gasteiger partial charge in [0.2, 0.25) is 0 Å². The molecule has 4 heterocycles. The van der Waals surface area contributed by atoms with Crippen LogP contribution in [0.2, 0.25) is 0 Å². The molecule has 0 bridgehead atoms. The maximum atomic E-state index is 12.7. The summed E-state index contributed by atoms with van der Waals surface area (Å²) in [5.74, 6) is 0.800. The molecule has 1 N–H and O–H groups in total. The Morgan fingerprint density at radius 1 is 1.21 bits per heavy atom. The van der Waals surface area contributed by atoms with Crippen LogP contribution in [0.25, 0.3) is 11.0 Å². The van der Waals surface area contributed by atoms with Crippen molar-refractivity contribution in [2.24, 2.45) is 0 Å². The molecule has 1 aliphatic heterocycles. The lowest BCUT2D eigenvalue weighted by atomic mass is 10.1. The van der Waals surface area contributed by atoms with Crippen molar-refractivity contribution in [2.75, 3.05) is 18.0 Å². The lowest BCUT2D eigenvalue weighted by Gasteiger charge is -2.33. The summed E-state index contributed by atoms with van der Waals surface area (Å²) < 4.78 is 39.6. The van der Waals surface area contributed by atoms with Crippen LogP contribution in [0, 0.1) is 0 Å². The van der Waals surface area contributed by atoms with Gasteiger partial charge in [-0.3, -0.25) is 4.68 Å². The van der Waals surface area contributed by atoms with Gasteiger partial charge in [0, 0.05) is 25.5 Å². The van der Waals surface area contributed by atoms with E-state index in [0.717, 1.165) is 42.3 Å². The topological polar surface area (TPSA) is 62.6 Å². The number of halogens is 3. The molecule has 3 aromatic heterocycles. The number of hydrogen-bond acceptors (Lipinski definition) is 4. The van der Waals surface area contributed by atoms with Crippen LogP contribution in [0.1, 0.15) is 24.6 Å². The van der Waals surface area contributed by atoms with Gasteiger partial charge in [-0.2, -0.15) is 18.3 Å². The summed E-state index contributed by atoms with van der Waals surface area (Å²) >= 11 is 0. The van der Waals surface area contributed by atoms with Crippen molar-refractivity contribution in [2.45, 2.75) is 25.1 Å². The number of hydrogen-bond donors (Lipinski definition) is 1. The highest BCUT2D eigenvalue weighted by Gasteiger charge is 2.34. The summed E-state index contributed by atoms with van der Waals surface area (Å²) in [6, 6.07) is 2.82. The van der Waals surface area contributed by atoms with E-state index in [1.54, 1.807) is 6.20 Å². The van der Waals surface area contributed by atoms with Gasteiger partial charge in [-0.05, 0) is 25.0 Å². The molecule has 6 nitrogen and oxygen atoms in total. The molecule has 4 rings (SSSR count). The van der Waals surface area contributed by atoms with E-state index in [1.165, 1.54) is 17.2 Å². The third kappa shape index (κ3) is 2.59. The van der Waals surface area contributed by atoms with E-state index in [4.69, 9.17) is 0 Å². The SMILES string of the molecule is FC(F)(F)c1ccn(C2CCCN(c3ncnc4[nH]ccc34)C2)n1. The van der Waals surface area contributed by atoms with Crippen LogP contribution in [-0.4, -0.2) is 37.8 Å². The van der Waals surface area contributed by atoms with Crippen molar-refractivity contribution in [3.8, 4) is 0 Å². The molecule has 1 atom stereocenters. The van der Waals surface area contributed by atoms with Crippen LogP contribution >= 0.6 is 0 Å². The highest BCUT2D eigenvalue weighted by atomic mass is 19.4. The van der Waals surface area contributed by atoms with Crippen molar-refractivity contribution in [1.29, 1.82) is 0 Å². The van der Waals surface area contributed by atoms with Gasteiger partial charge in [-0.1, -0.05) is 0 Å². The Kier molecular flexibility index (Phi) is 3.43. The summed E-state index contributed by atoms with van der Waals surface area (Å²) in [5.41, 5.74) is -0.102. The summed E-state index contributed by atoms with van der Waals surface area (Å²) in [5, 5.41) is 4.62. The van der Waals surface area contributed by atoms with E-state index in [1.807, 2.05) is 6.07 Å². The van der Waals surface area contributed by atoms with Gasteiger partial charge in [0.1, 0.15) is 17.8 Å². The molecular formula is C15H15F3N6. The van der Waals surface area contributed by atoms with E-state index >= 15 is 0 Å². The van der Waals surface area contributed by atoms with E-state index < -0.39 is 11.9 Å². The lowest BCUT2D eigenvalue weighted by molar-refractivity contribution is -0.141. The Hall–Kier alpha value is -2.58. The molecule has 9 heteroatoms. The number of alkyl halides is 3. The second kappa shape index (κ2) is 5.50. The second-order valence-electron chi connectivity index (χ2n) is 5.86. The number of fused-ring (bicyclic) bond motifs is 1. The number of aromatic amines is 1. The number of rotatable bonds is 2. The van der Waals surface area contributed by atoms with Crippen molar-refractivity contribution >= 4 is 16.9 Å². The zero-order valence-corrected chi connectivity index (χ0v) is 12.7. The van der Waals surface area contributed by atoms with E-state index in [2.05, 4.69) is 25.0 Å². The Labute approximate surface area is 135 Å². The van der Waals surface area contributed by atoms with Crippen LogP contribution < -0.4 is 4.90 Å². The fourth-order valence-corrected chi connectivity index (χ4v) is 3.17. The summed E-state index contributed by atoms with van der Waals surface area (Å²) in [6.07, 6.45) is 1.94. The van der Waals surface area contributed by atoms with Crippen molar-refractivity contribution in [3.63, 3.8) is 0 Å². The number of aromatic nitrogens is 5. The number of nitrogens with zero attached hydrogens (tertiary/aromatic N) is 5. The molecule has 24 heavy (non-hydrogen) atoms. The first kappa shape index (κ1) is 15.0. The van der Waals surface area contributed by atoms with Gasteiger partial charge in [0.25, 0.3) is 0 Å². The average Bonchev–Trinajstić information content (AvgIpc) is 3.23. The molecule has 3 aromatic rings. The second-order valence-corrected chi connectivity index (χ2v) is 5.86. The molecule has 1 unspecified atom stereocenters. The Morgan fingerprint density at radius 3 is 2.88 bits per heavy atom. The minimum atomic E-state index is -4.41. The molecule has 0 saturated carbocycles. The van der Waals surface area contributed by atoms with Crippen molar-refractivity contribution < 1.29 is 13.2 Å². The van der Waals surface area contributed by atoms with Crippen LogP contribution in [0.15, 0.2) is 30.9 Å². The van der Waals surface area contributed by atoms with Crippen LogP contribution in [0.5, 0.6) is 0 Å². The minimum Gasteiger partial charge on any atom is -0.354 e. The first-order valence-electron chi connectivity index (χ1n) is 7.68. The Balaban J connectivity index is 1.60. The van der Waals surface area contributed by atoms with E-state index in [9.17, 15) is 13.2 Å². The molecule has 126 valence electrons. The maximum Gasteiger partial charge on any atom is 0.435 e. The van der Waals surface area contributed by atoms with Crippen LogP contribution in [0.4, 0.5) is 19.0 Å². The highest BCUT2D eigenvalue weighted by molar-refractivity contribution is 5.87. The van der Waals surface area contributed by atoms with Gasteiger partial charge >= 0.3 is 6.18 Å². The van der Waals surface area contributed by atoms with E-state index in [0.29, 0.717) is 6.54 Å². The van der Waals surface area contributed by atoms with Crippen LogP contribution in [-0.2, 0) is 6.18 Å². The molecule has 0 aromatic carbocycles. The molecule has 0 amide bonds. The highest BCUT2D eigenvalue weighted by Crippen LogP contribution is 2.31. The molecular weight excluding hydrogens is 321 g/mol. The maximum absolute atomic E-state index is 12.7. The van der Waals surface area contributed by atoms with Crippen molar-refractivity contribution in [3.05, 3.63) is 36.5 Å². The molecule has 0 spiro atoms. The first-order valence-corrected chi connectivity index (χ1v) is 7.68. The number of anilines is 1. The predicted molar refractivity (Wildman–Crippen MR) is 81.6 cm³/mol. The normalized spacial score (nSPS) is 19.1. The molecule has 0 radical (unpaired) electrons. The monoisotopic (exact) mass is 336 g/mol. The van der Waals surface area contributed by atoms with Crippen LogP contribution in [0.3, 0.4) is 0 Å². The summed E-state index contributed by atoms with van der Waals surface area (Å²) in [7, 11) is 0. The first-order chi connectivity index (χ1) is 11.5. The van der Waals surface area contributed by atoms with Gasteiger partial charge < -0.3 is 9.88 Å². The summed E-state index contributed by atoms with van der Waals surface area (Å²) in [4.78, 5) is 13.7. The van der Waals surface area contributed by atoms with Gasteiger partial charge in [-0.15, -0.1) is 0 Å². The van der Waals surface area contributed by atoms with Gasteiger partial charge in [-0.25, -0.2) is 9.97 Å². The van der Waals surface area contributed by atoms with Gasteiger partial charge in [0.15, 0.2) is 5.69 Å². The standard InChI is InChI=1S/C15H15F3N6/c16-15(17,18)12-4-7-24(22-12)10-2-1-6-23(8-10)14-11-3-5-19-13(11)20-9-21-14/h3-5,7,9-10H,1-2,6,8H2,(H,19,20,21). The Bertz CT molecular complexity index is 852. The quantitative estimate of drug-likeness (QED) is 0.781.